The van der Waals surface area contributed by atoms with E-state index in [2.05, 4.69) is 29.6 Å². The fourth-order valence-corrected chi connectivity index (χ4v) is 7.11. The van der Waals surface area contributed by atoms with Gasteiger partial charge < -0.3 is 10.1 Å². The molecule has 0 saturated carbocycles. The maximum Gasteiger partial charge on any atom is 0.337 e. The van der Waals surface area contributed by atoms with Gasteiger partial charge in [-0.2, -0.15) is 11.8 Å². The largest absolute Gasteiger partial charge is 0.465 e. The van der Waals surface area contributed by atoms with Crippen molar-refractivity contribution >= 4 is 41.1 Å². The average molecular weight is 541 g/mol. The number of likely N-dealkylation sites (tertiary alicyclic amines) is 1. The van der Waals surface area contributed by atoms with Crippen LogP contribution in [0.2, 0.25) is 0 Å². The first-order valence-corrected chi connectivity index (χ1v) is 14.4. The summed E-state index contributed by atoms with van der Waals surface area (Å²) in [7, 11) is 1.30. The summed E-state index contributed by atoms with van der Waals surface area (Å²) in [6.07, 6.45) is 2.28. The van der Waals surface area contributed by atoms with Gasteiger partial charge in [-0.1, -0.05) is 48.5 Å². The lowest BCUT2D eigenvalue weighted by molar-refractivity contribution is -0.146. The molecule has 1 aliphatic heterocycles. The third kappa shape index (κ3) is 3.97. The van der Waals surface area contributed by atoms with Gasteiger partial charge in [0.25, 0.3) is 0 Å². The van der Waals surface area contributed by atoms with Crippen LogP contribution < -0.4 is 5.32 Å². The molecule has 1 saturated heterocycles. The number of carbonyl (C=O) groups excluding carboxylic acids is 4. The second-order valence-corrected chi connectivity index (χ2v) is 11.2. The molecule has 8 heteroatoms. The van der Waals surface area contributed by atoms with Gasteiger partial charge in [0.1, 0.15) is 6.04 Å². The Morgan fingerprint density at radius 3 is 1.77 bits per heavy atom. The summed E-state index contributed by atoms with van der Waals surface area (Å²) in [5.41, 5.74) is 5.22. The van der Waals surface area contributed by atoms with Crippen LogP contribution in [-0.4, -0.2) is 53.8 Å². The van der Waals surface area contributed by atoms with E-state index in [1.165, 1.54) is 12.0 Å². The van der Waals surface area contributed by atoms with Crippen molar-refractivity contribution in [3.8, 4) is 0 Å². The van der Waals surface area contributed by atoms with Crippen molar-refractivity contribution in [3.05, 3.63) is 101 Å². The van der Waals surface area contributed by atoms with Crippen molar-refractivity contribution in [1.29, 1.82) is 0 Å². The van der Waals surface area contributed by atoms with Crippen LogP contribution >= 0.6 is 11.8 Å². The van der Waals surface area contributed by atoms with E-state index in [1.54, 1.807) is 36.0 Å². The van der Waals surface area contributed by atoms with Crippen LogP contribution in [-0.2, 0) is 19.1 Å². The first-order valence-electron chi connectivity index (χ1n) is 13.0. The predicted molar refractivity (Wildman–Crippen MR) is 149 cm³/mol. The highest BCUT2D eigenvalue weighted by Crippen LogP contribution is 2.61. The standard InChI is InChI=1S/C31H28N2O5S/c1-38-31(37)17-11-13-18(14-12-17)32-28(34)23(15-16-39-2)33-29(35)26-24-19-7-3-4-8-20(19)25(27(26)30(33)36)22-10-6-5-9-21(22)24/h3-14,23-27H,15-16H2,1-2H3,(H,32,34). The number of nitrogens with one attached hydrogen (secondary N) is 1. The van der Waals surface area contributed by atoms with E-state index in [0.717, 1.165) is 22.3 Å². The van der Waals surface area contributed by atoms with Crippen molar-refractivity contribution in [2.45, 2.75) is 24.3 Å². The first kappa shape index (κ1) is 25.4. The van der Waals surface area contributed by atoms with Gasteiger partial charge in [0.15, 0.2) is 0 Å². The van der Waals surface area contributed by atoms with Gasteiger partial charge >= 0.3 is 5.97 Å². The zero-order valence-electron chi connectivity index (χ0n) is 21.6. The van der Waals surface area contributed by atoms with E-state index in [0.29, 0.717) is 23.4 Å². The molecule has 3 unspecified atom stereocenters. The Morgan fingerprint density at radius 1 is 0.846 bits per heavy atom. The zero-order chi connectivity index (χ0) is 27.3. The number of methoxy groups -OCH3 is 1. The minimum absolute atomic E-state index is 0.219. The molecule has 1 N–H and O–H groups in total. The van der Waals surface area contributed by atoms with Crippen molar-refractivity contribution < 1.29 is 23.9 Å². The SMILES string of the molecule is COC(=O)c1ccc(NC(=O)C(CCSC)N2C(=O)C3C4c5ccccc5C(c5ccccc54)C3C2=O)cc1. The Labute approximate surface area is 230 Å². The molecule has 198 valence electrons. The summed E-state index contributed by atoms with van der Waals surface area (Å²) in [5, 5.41) is 2.86. The fourth-order valence-electron chi connectivity index (χ4n) is 6.65. The zero-order valence-corrected chi connectivity index (χ0v) is 22.4. The molecule has 7 rings (SSSR count). The average Bonchev–Trinajstić information content (AvgIpc) is 3.23. The maximum atomic E-state index is 14.1. The molecular weight excluding hydrogens is 512 g/mol. The molecule has 7 nitrogen and oxygen atoms in total. The number of thioether (sulfide) groups is 1. The van der Waals surface area contributed by atoms with E-state index in [4.69, 9.17) is 4.74 Å². The van der Waals surface area contributed by atoms with Crippen LogP contribution in [0, 0.1) is 11.8 Å². The number of hydrogen-bond donors (Lipinski definition) is 1. The van der Waals surface area contributed by atoms with Crippen molar-refractivity contribution in [2.24, 2.45) is 11.8 Å². The monoisotopic (exact) mass is 540 g/mol. The van der Waals surface area contributed by atoms with Crippen LogP contribution in [0.15, 0.2) is 72.8 Å². The van der Waals surface area contributed by atoms with E-state index < -0.39 is 29.8 Å². The minimum atomic E-state index is -0.936. The number of anilines is 1. The van der Waals surface area contributed by atoms with Crippen LogP contribution in [0.4, 0.5) is 5.69 Å². The van der Waals surface area contributed by atoms with Gasteiger partial charge in [-0.25, -0.2) is 4.79 Å². The topological polar surface area (TPSA) is 92.8 Å². The molecule has 3 aromatic carbocycles. The maximum absolute atomic E-state index is 14.1. The lowest BCUT2D eigenvalue weighted by Gasteiger charge is -2.45. The van der Waals surface area contributed by atoms with Crippen LogP contribution in [0.5, 0.6) is 0 Å². The lowest BCUT2D eigenvalue weighted by Crippen LogP contribution is -2.48. The molecule has 2 bridgehead atoms. The highest BCUT2D eigenvalue weighted by molar-refractivity contribution is 7.98. The fraction of sp³-hybridized carbons (Fsp3) is 0.290. The number of imide groups is 1. The van der Waals surface area contributed by atoms with Crippen LogP contribution in [0.1, 0.15) is 50.9 Å². The third-order valence-corrected chi connectivity index (χ3v) is 8.91. The number of rotatable bonds is 7. The lowest BCUT2D eigenvalue weighted by atomic mass is 9.55. The number of esters is 1. The summed E-state index contributed by atoms with van der Waals surface area (Å²) in [4.78, 5) is 54.9. The Morgan fingerprint density at radius 2 is 1.33 bits per heavy atom. The number of nitrogens with zero attached hydrogens (tertiary/aromatic N) is 1. The number of benzene rings is 3. The summed E-state index contributed by atoms with van der Waals surface area (Å²) < 4.78 is 4.74. The van der Waals surface area contributed by atoms with Gasteiger partial charge in [-0.05, 0) is 64.9 Å². The Balaban J connectivity index is 1.34. The van der Waals surface area contributed by atoms with Gasteiger partial charge in [0.2, 0.25) is 17.7 Å². The smallest absolute Gasteiger partial charge is 0.337 e. The summed E-state index contributed by atoms with van der Waals surface area (Å²) in [6, 6.07) is 21.6. The Bertz CT molecular complexity index is 1370. The summed E-state index contributed by atoms with van der Waals surface area (Å²) in [5.74, 6) is -2.33. The summed E-state index contributed by atoms with van der Waals surface area (Å²) in [6.45, 7) is 0. The molecule has 3 aliphatic carbocycles. The second-order valence-electron chi connectivity index (χ2n) is 10.2. The van der Waals surface area contributed by atoms with Gasteiger partial charge in [0, 0.05) is 17.5 Å². The molecule has 3 amide bonds. The van der Waals surface area contributed by atoms with Gasteiger partial charge in [-0.15, -0.1) is 0 Å². The van der Waals surface area contributed by atoms with Crippen molar-refractivity contribution in [3.63, 3.8) is 0 Å². The molecule has 0 radical (unpaired) electrons. The normalized spacial score (nSPS) is 23.1. The molecular formula is C31H28N2O5S. The van der Waals surface area contributed by atoms with Crippen LogP contribution in [0.25, 0.3) is 0 Å². The van der Waals surface area contributed by atoms with Crippen LogP contribution in [0.3, 0.4) is 0 Å². The highest BCUT2D eigenvalue weighted by Gasteiger charge is 2.62. The molecule has 4 aliphatic rings. The number of ether oxygens (including phenoxy) is 1. The van der Waals surface area contributed by atoms with Crippen molar-refractivity contribution in [2.75, 3.05) is 24.4 Å². The minimum Gasteiger partial charge on any atom is -0.465 e. The predicted octanol–water partition coefficient (Wildman–Crippen LogP) is 4.43. The van der Waals surface area contributed by atoms with E-state index in [-0.39, 0.29) is 23.7 Å². The quantitative estimate of drug-likeness (QED) is 0.352. The van der Waals surface area contributed by atoms with Crippen molar-refractivity contribution in [1.82, 2.24) is 4.90 Å². The molecule has 39 heavy (non-hydrogen) atoms. The highest BCUT2D eigenvalue weighted by atomic mass is 32.2. The van der Waals surface area contributed by atoms with Gasteiger partial charge in [-0.3, -0.25) is 19.3 Å². The summed E-state index contributed by atoms with van der Waals surface area (Å²) >= 11 is 1.56. The molecule has 1 heterocycles. The Hall–Kier alpha value is -3.91. The number of amides is 3. The number of hydrogen-bond acceptors (Lipinski definition) is 6. The van der Waals surface area contributed by atoms with E-state index in [1.807, 2.05) is 30.5 Å². The van der Waals surface area contributed by atoms with Gasteiger partial charge in [0.05, 0.1) is 24.5 Å². The molecule has 1 fully saturated rings. The molecule has 3 atom stereocenters. The van der Waals surface area contributed by atoms with E-state index >= 15 is 0 Å². The first-order chi connectivity index (χ1) is 19.0. The molecule has 0 spiro atoms. The number of carbonyl (C=O) groups is 4. The second kappa shape index (κ2) is 10.0. The molecule has 0 aromatic heterocycles. The third-order valence-electron chi connectivity index (χ3n) is 8.27. The Kier molecular flexibility index (Phi) is 6.51. The molecule has 3 aromatic rings. The van der Waals surface area contributed by atoms with E-state index in [9.17, 15) is 19.2 Å².